The average Bonchev–Trinajstić information content (AvgIpc) is 3.11. The number of hydrogen-bond acceptors (Lipinski definition) is 5. The van der Waals surface area contributed by atoms with Crippen molar-refractivity contribution in [2.45, 2.75) is 20.4 Å². The second kappa shape index (κ2) is 7.82. The molecule has 0 N–H and O–H groups in total. The molecule has 134 valence electrons. The van der Waals surface area contributed by atoms with Gasteiger partial charge in [-0.2, -0.15) is 0 Å². The molecule has 0 spiro atoms. The molecule has 0 radical (unpaired) electrons. The summed E-state index contributed by atoms with van der Waals surface area (Å²) in [6.45, 7) is 4.62. The van der Waals surface area contributed by atoms with Gasteiger partial charge in [0.05, 0.1) is 18.7 Å². The number of carbonyl (C=O) groups excluding carboxylic acids is 1. The highest BCUT2D eigenvalue weighted by molar-refractivity contribution is 5.96. The Morgan fingerprint density at radius 2 is 1.85 bits per heavy atom. The molecule has 0 atom stereocenters. The first-order chi connectivity index (χ1) is 12.6. The standard InChI is InChI=1S/C20H21N3O3/c1-4-25-17-8-6-5-7-16(17)20(24)23(3)13-18-21-22-19(26-18)15-11-9-14(2)10-12-15/h5-12H,4,13H2,1-3H3. The van der Waals surface area contributed by atoms with Gasteiger partial charge in [-0.05, 0) is 38.1 Å². The molecule has 2 aromatic carbocycles. The molecule has 26 heavy (non-hydrogen) atoms. The number of rotatable bonds is 6. The Kier molecular flexibility index (Phi) is 5.31. The van der Waals surface area contributed by atoms with E-state index >= 15 is 0 Å². The second-order valence-electron chi connectivity index (χ2n) is 5.96. The van der Waals surface area contributed by atoms with E-state index in [0.29, 0.717) is 29.7 Å². The predicted molar refractivity (Wildman–Crippen MR) is 97.9 cm³/mol. The maximum Gasteiger partial charge on any atom is 0.257 e. The maximum atomic E-state index is 12.7. The van der Waals surface area contributed by atoms with Crippen molar-refractivity contribution in [2.24, 2.45) is 0 Å². The van der Waals surface area contributed by atoms with Gasteiger partial charge in [-0.15, -0.1) is 10.2 Å². The number of nitrogens with zero attached hydrogens (tertiary/aromatic N) is 3. The third-order valence-corrected chi connectivity index (χ3v) is 3.90. The third kappa shape index (κ3) is 3.91. The molecule has 6 heteroatoms. The monoisotopic (exact) mass is 351 g/mol. The van der Waals surface area contributed by atoms with Crippen molar-refractivity contribution >= 4 is 5.91 Å². The van der Waals surface area contributed by atoms with E-state index in [2.05, 4.69) is 10.2 Å². The van der Waals surface area contributed by atoms with Crippen LogP contribution in [0.1, 0.15) is 28.7 Å². The van der Waals surface area contributed by atoms with Gasteiger partial charge in [0.25, 0.3) is 5.91 Å². The number of benzene rings is 2. The predicted octanol–water partition coefficient (Wildman–Crippen LogP) is 3.72. The van der Waals surface area contributed by atoms with Gasteiger partial charge in [0.2, 0.25) is 11.8 Å². The minimum absolute atomic E-state index is 0.163. The van der Waals surface area contributed by atoms with Crippen LogP contribution >= 0.6 is 0 Å². The highest BCUT2D eigenvalue weighted by atomic mass is 16.5. The number of hydrogen-bond donors (Lipinski definition) is 0. The smallest absolute Gasteiger partial charge is 0.257 e. The molecular formula is C20H21N3O3. The number of aromatic nitrogens is 2. The minimum atomic E-state index is -0.163. The Hall–Kier alpha value is -3.15. The van der Waals surface area contributed by atoms with Gasteiger partial charge < -0.3 is 14.1 Å². The summed E-state index contributed by atoms with van der Waals surface area (Å²) < 4.78 is 11.2. The normalized spacial score (nSPS) is 10.6. The molecule has 0 aliphatic heterocycles. The van der Waals surface area contributed by atoms with E-state index in [1.165, 1.54) is 4.90 Å². The van der Waals surface area contributed by atoms with Crippen LogP contribution in [0.2, 0.25) is 0 Å². The van der Waals surface area contributed by atoms with Gasteiger partial charge in [0.1, 0.15) is 5.75 Å². The summed E-state index contributed by atoms with van der Waals surface area (Å²) in [4.78, 5) is 14.2. The lowest BCUT2D eigenvalue weighted by atomic mass is 10.1. The molecule has 1 aromatic heterocycles. The van der Waals surface area contributed by atoms with E-state index in [-0.39, 0.29) is 12.5 Å². The highest BCUT2D eigenvalue weighted by Crippen LogP contribution is 2.22. The zero-order chi connectivity index (χ0) is 18.5. The summed E-state index contributed by atoms with van der Waals surface area (Å²) in [6, 6.07) is 15.0. The molecule has 3 rings (SSSR count). The first-order valence-electron chi connectivity index (χ1n) is 8.45. The molecular weight excluding hydrogens is 330 g/mol. The topological polar surface area (TPSA) is 68.5 Å². The fourth-order valence-electron chi connectivity index (χ4n) is 2.54. The minimum Gasteiger partial charge on any atom is -0.493 e. The Bertz CT molecular complexity index is 887. The fraction of sp³-hybridized carbons (Fsp3) is 0.250. The van der Waals surface area contributed by atoms with Crippen molar-refractivity contribution in [1.29, 1.82) is 0 Å². The molecule has 1 heterocycles. The lowest BCUT2D eigenvalue weighted by Gasteiger charge is -2.17. The van der Waals surface area contributed by atoms with Gasteiger partial charge >= 0.3 is 0 Å². The largest absolute Gasteiger partial charge is 0.493 e. The summed E-state index contributed by atoms with van der Waals surface area (Å²) in [5.41, 5.74) is 2.52. The molecule has 0 aliphatic rings. The molecule has 0 saturated carbocycles. The van der Waals surface area contributed by atoms with Crippen LogP contribution in [0.15, 0.2) is 52.9 Å². The van der Waals surface area contributed by atoms with Crippen LogP contribution < -0.4 is 4.74 Å². The Labute approximate surface area is 152 Å². The third-order valence-electron chi connectivity index (χ3n) is 3.90. The van der Waals surface area contributed by atoms with Crippen LogP contribution in [0.25, 0.3) is 11.5 Å². The van der Waals surface area contributed by atoms with Gasteiger partial charge in [0.15, 0.2) is 0 Å². The first kappa shape index (κ1) is 17.7. The van der Waals surface area contributed by atoms with E-state index in [4.69, 9.17) is 9.15 Å². The van der Waals surface area contributed by atoms with Crippen LogP contribution in [-0.2, 0) is 6.54 Å². The quantitative estimate of drug-likeness (QED) is 0.677. The molecule has 6 nitrogen and oxygen atoms in total. The number of amides is 1. The fourth-order valence-corrected chi connectivity index (χ4v) is 2.54. The van der Waals surface area contributed by atoms with E-state index in [9.17, 15) is 4.79 Å². The number of para-hydroxylation sites is 1. The summed E-state index contributed by atoms with van der Waals surface area (Å²) in [5, 5.41) is 8.12. The van der Waals surface area contributed by atoms with Crippen molar-refractivity contribution in [3.63, 3.8) is 0 Å². The number of ether oxygens (including phenoxy) is 1. The first-order valence-corrected chi connectivity index (χ1v) is 8.45. The van der Waals surface area contributed by atoms with Crippen LogP contribution in [0, 0.1) is 6.92 Å². The summed E-state index contributed by atoms with van der Waals surface area (Å²) in [7, 11) is 1.70. The van der Waals surface area contributed by atoms with Gasteiger partial charge in [-0.3, -0.25) is 4.79 Å². The Morgan fingerprint density at radius 3 is 2.58 bits per heavy atom. The molecule has 0 unspecified atom stereocenters. The van der Waals surface area contributed by atoms with E-state index in [0.717, 1.165) is 11.1 Å². The van der Waals surface area contributed by atoms with Gasteiger partial charge in [-0.1, -0.05) is 29.8 Å². The molecule has 0 bridgehead atoms. The van der Waals surface area contributed by atoms with Crippen LogP contribution in [0.5, 0.6) is 5.75 Å². The molecule has 0 aliphatic carbocycles. The summed E-state index contributed by atoms with van der Waals surface area (Å²) >= 11 is 0. The van der Waals surface area contributed by atoms with E-state index in [1.54, 1.807) is 19.2 Å². The Balaban J connectivity index is 1.73. The molecule has 3 aromatic rings. The van der Waals surface area contributed by atoms with Crippen molar-refractivity contribution < 1.29 is 13.9 Å². The molecule has 0 saturated heterocycles. The highest BCUT2D eigenvalue weighted by Gasteiger charge is 2.19. The summed E-state index contributed by atoms with van der Waals surface area (Å²) in [5.74, 6) is 1.22. The lowest BCUT2D eigenvalue weighted by molar-refractivity contribution is 0.0769. The maximum absolute atomic E-state index is 12.7. The second-order valence-corrected chi connectivity index (χ2v) is 5.96. The SMILES string of the molecule is CCOc1ccccc1C(=O)N(C)Cc1nnc(-c2ccc(C)cc2)o1. The zero-order valence-electron chi connectivity index (χ0n) is 15.1. The lowest BCUT2D eigenvalue weighted by Crippen LogP contribution is -2.26. The Morgan fingerprint density at radius 1 is 1.12 bits per heavy atom. The van der Waals surface area contributed by atoms with E-state index < -0.39 is 0 Å². The van der Waals surface area contributed by atoms with Crippen LogP contribution in [-0.4, -0.2) is 34.7 Å². The van der Waals surface area contributed by atoms with Crippen molar-refractivity contribution in [2.75, 3.05) is 13.7 Å². The zero-order valence-corrected chi connectivity index (χ0v) is 15.1. The summed E-state index contributed by atoms with van der Waals surface area (Å²) in [6.07, 6.45) is 0. The van der Waals surface area contributed by atoms with Gasteiger partial charge in [-0.25, -0.2) is 0 Å². The molecule has 0 fully saturated rings. The van der Waals surface area contributed by atoms with Crippen LogP contribution in [0.3, 0.4) is 0 Å². The molecule has 1 amide bonds. The average molecular weight is 351 g/mol. The number of carbonyl (C=O) groups is 1. The van der Waals surface area contributed by atoms with Crippen LogP contribution in [0.4, 0.5) is 0 Å². The van der Waals surface area contributed by atoms with Crippen molar-refractivity contribution in [3.8, 4) is 17.2 Å². The van der Waals surface area contributed by atoms with Crippen molar-refractivity contribution in [3.05, 3.63) is 65.5 Å². The van der Waals surface area contributed by atoms with E-state index in [1.807, 2.05) is 50.2 Å². The number of aryl methyl sites for hydroxylation is 1. The van der Waals surface area contributed by atoms with Crippen molar-refractivity contribution in [1.82, 2.24) is 15.1 Å². The van der Waals surface area contributed by atoms with Gasteiger partial charge in [0, 0.05) is 12.6 Å².